The number of alkyl carbamates (subject to hydrolysis) is 1. The van der Waals surface area contributed by atoms with Gasteiger partial charge in [0.15, 0.2) is 0 Å². The molecule has 1 heterocycles. The third-order valence-corrected chi connectivity index (χ3v) is 3.12. The number of aromatic amines is 1. The number of para-hydroxylation sites is 2. The Kier molecular flexibility index (Phi) is 5.03. The van der Waals surface area contributed by atoms with E-state index in [9.17, 15) is 4.79 Å². The molecule has 2 rings (SSSR count). The minimum atomic E-state index is -0.477. The van der Waals surface area contributed by atoms with E-state index in [1.165, 1.54) is 0 Å². The van der Waals surface area contributed by atoms with Crippen LogP contribution in [0.1, 0.15) is 45.5 Å². The van der Waals surface area contributed by atoms with Crippen molar-refractivity contribution >= 4 is 17.1 Å². The third-order valence-electron chi connectivity index (χ3n) is 3.12. The van der Waals surface area contributed by atoms with Crippen LogP contribution in [0.15, 0.2) is 24.3 Å². The number of hydrogen-bond donors (Lipinski definition) is 3. The molecule has 4 N–H and O–H groups in total. The van der Waals surface area contributed by atoms with Crippen molar-refractivity contribution in [3.63, 3.8) is 0 Å². The summed E-state index contributed by atoms with van der Waals surface area (Å²) in [5.74, 6) is 0.776. The molecular weight excluding hydrogens is 280 g/mol. The highest BCUT2D eigenvalue weighted by Crippen LogP contribution is 2.17. The fourth-order valence-corrected chi connectivity index (χ4v) is 2.11. The minimum absolute atomic E-state index is 0.173. The van der Waals surface area contributed by atoms with Gasteiger partial charge in [-0.25, -0.2) is 9.78 Å². The monoisotopic (exact) mass is 304 g/mol. The van der Waals surface area contributed by atoms with Gasteiger partial charge in [-0.1, -0.05) is 12.1 Å². The molecule has 0 aliphatic heterocycles. The Bertz CT molecular complexity index is 597. The number of hydrogen-bond acceptors (Lipinski definition) is 4. The van der Waals surface area contributed by atoms with Crippen LogP contribution in [0.5, 0.6) is 0 Å². The average molecular weight is 304 g/mol. The molecule has 6 nitrogen and oxygen atoms in total. The van der Waals surface area contributed by atoms with Gasteiger partial charge in [0.05, 0.1) is 17.1 Å². The molecule has 22 heavy (non-hydrogen) atoms. The van der Waals surface area contributed by atoms with E-state index in [0.29, 0.717) is 6.54 Å². The Morgan fingerprint density at radius 1 is 1.41 bits per heavy atom. The lowest BCUT2D eigenvalue weighted by Crippen LogP contribution is -2.33. The van der Waals surface area contributed by atoms with Crippen LogP contribution in [0.25, 0.3) is 11.0 Å². The van der Waals surface area contributed by atoms with Gasteiger partial charge in [-0.2, -0.15) is 0 Å². The van der Waals surface area contributed by atoms with Gasteiger partial charge in [-0.3, -0.25) is 0 Å². The van der Waals surface area contributed by atoms with E-state index in [-0.39, 0.29) is 6.04 Å². The minimum Gasteiger partial charge on any atom is -0.444 e. The fourth-order valence-electron chi connectivity index (χ4n) is 2.11. The van der Waals surface area contributed by atoms with Gasteiger partial charge in [-0.05, 0) is 45.7 Å². The molecule has 1 amide bonds. The molecule has 0 spiro atoms. The second-order valence-electron chi connectivity index (χ2n) is 6.32. The fraction of sp³-hybridized carbons (Fsp3) is 0.500. The van der Waals surface area contributed by atoms with E-state index in [0.717, 1.165) is 29.7 Å². The summed E-state index contributed by atoms with van der Waals surface area (Å²) < 4.78 is 5.17. The zero-order valence-corrected chi connectivity index (χ0v) is 13.3. The molecular formula is C16H24N4O2. The quantitative estimate of drug-likeness (QED) is 0.740. The lowest BCUT2D eigenvalue weighted by atomic mass is 10.1. The molecule has 0 bridgehead atoms. The number of ether oxygens (including phenoxy) is 1. The van der Waals surface area contributed by atoms with Gasteiger partial charge in [0.1, 0.15) is 11.4 Å². The Morgan fingerprint density at radius 3 is 2.82 bits per heavy atom. The smallest absolute Gasteiger partial charge is 0.407 e. The number of rotatable bonds is 5. The predicted molar refractivity (Wildman–Crippen MR) is 86.5 cm³/mol. The summed E-state index contributed by atoms with van der Waals surface area (Å²) in [6.45, 7) is 6.04. The summed E-state index contributed by atoms with van der Waals surface area (Å²) in [5.41, 5.74) is 7.56. The molecule has 0 unspecified atom stereocenters. The number of carbonyl (C=O) groups is 1. The zero-order valence-electron chi connectivity index (χ0n) is 13.3. The highest BCUT2D eigenvalue weighted by molar-refractivity contribution is 5.74. The molecule has 1 atom stereocenters. The van der Waals surface area contributed by atoms with Crippen LogP contribution in [-0.2, 0) is 4.74 Å². The lowest BCUT2D eigenvalue weighted by molar-refractivity contribution is 0.0526. The van der Waals surface area contributed by atoms with E-state index in [1.54, 1.807) is 0 Å². The number of aromatic nitrogens is 2. The van der Waals surface area contributed by atoms with Crippen LogP contribution in [0, 0.1) is 0 Å². The molecule has 0 saturated heterocycles. The Labute approximate surface area is 130 Å². The van der Waals surface area contributed by atoms with Crippen LogP contribution in [0.4, 0.5) is 4.79 Å². The van der Waals surface area contributed by atoms with Crippen molar-refractivity contribution in [3.8, 4) is 0 Å². The van der Waals surface area contributed by atoms with E-state index in [2.05, 4.69) is 15.3 Å². The molecule has 0 aliphatic rings. The molecule has 120 valence electrons. The molecule has 1 aromatic heterocycles. The van der Waals surface area contributed by atoms with Gasteiger partial charge < -0.3 is 20.8 Å². The number of H-pyrrole nitrogens is 1. The number of imidazole rings is 1. The van der Waals surface area contributed by atoms with Gasteiger partial charge in [0.25, 0.3) is 0 Å². The van der Waals surface area contributed by atoms with Crippen LogP contribution >= 0.6 is 0 Å². The van der Waals surface area contributed by atoms with Crippen LogP contribution in [0.2, 0.25) is 0 Å². The van der Waals surface area contributed by atoms with Gasteiger partial charge >= 0.3 is 6.09 Å². The molecule has 2 aromatic rings. The summed E-state index contributed by atoms with van der Waals surface area (Å²) in [6, 6.07) is 7.66. The Morgan fingerprint density at radius 2 is 2.14 bits per heavy atom. The summed E-state index contributed by atoms with van der Waals surface area (Å²) in [7, 11) is 0. The van der Waals surface area contributed by atoms with Gasteiger partial charge in [-0.15, -0.1) is 0 Å². The van der Waals surface area contributed by atoms with Crippen LogP contribution in [0.3, 0.4) is 0 Å². The van der Waals surface area contributed by atoms with Crippen molar-refractivity contribution in [1.82, 2.24) is 15.3 Å². The van der Waals surface area contributed by atoms with Crippen molar-refractivity contribution in [2.45, 2.75) is 45.3 Å². The normalized spacial score (nSPS) is 13.1. The summed E-state index contributed by atoms with van der Waals surface area (Å²) in [4.78, 5) is 19.2. The maximum atomic E-state index is 11.5. The third kappa shape index (κ3) is 4.73. The number of amides is 1. The second-order valence-corrected chi connectivity index (χ2v) is 6.32. The van der Waals surface area contributed by atoms with E-state index >= 15 is 0 Å². The molecule has 0 saturated carbocycles. The number of nitrogens with one attached hydrogen (secondary N) is 2. The molecule has 0 radical (unpaired) electrons. The average Bonchev–Trinajstić information content (AvgIpc) is 2.85. The maximum Gasteiger partial charge on any atom is 0.407 e. The summed E-state index contributed by atoms with van der Waals surface area (Å²) in [6.07, 6.45) is 1.09. The first-order chi connectivity index (χ1) is 10.3. The van der Waals surface area contributed by atoms with Crippen LogP contribution in [-0.4, -0.2) is 28.2 Å². The highest BCUT2D eigenvalue weighted by atomic mass is 16.6. The predicted octanol–water partition coefficient (Wildman–Crippen LogP) is 2.87. The molecule has 6 heteroatoms. The SMILES string of the molecule is CC(C)(C)OC(=O)NCCC[C@H](N)c1nc2ccccc2[nH]1. The van der Waals surface area contributed by atoms with Crippen molar-refractivity contribution in [2.75, 3.05) is 6.54 Å². The van der Waals surface area contributed by atoms with Gasteiger partial charge in [0, 0.05) is 6.54 Å². The zero-order chi connectivity index (χ0) is 16.2. The number of nitrogens with two attached hydrogens (primary N) is 1. The summed E-state index contributed by atoms with van der Waals surface area (Å²) >= 11 is 0. The first kappa shape index (κ1) is 16.3. The van der Waals surface area contributed by atoms with Crippen LogP contribution < -0.4 is 11.1 Å². The molecule has 1 aromatic carbocycles. The Balaban J connectivity index is 1.76. The molecule has 0 fully saturated rings. The van der Waals surface area contributed by atoms with Crippen molar-refractivity contribution in [1.29, 1.82) is 0 Å². The lowest BCUT2D eigenvalue weighted by Gasteiger charge is -2.19. The van der Waals surface area contributed by atoms with Crippen molar-refractivity contribution in [3.05, 3.63) is 30.1 Å². The topological polar surface area (TPSA) is 93.0 Å². The number of benzene rings is 1. The van der Waals surface area contributed by atoms with E-state index in [4.69, 9.17) is 10.5 Å². The first-order valence-corrected chi connectivity index (χ1v) is 7.52. The van der Waals surface area contributed by atoms with E-state index < -0.39 is 11.7 Å². The number of fused-ring (bicyclic) bond motifs is 1. The highest BCUT2D eigenvalue weighted by Gasteiger charge is 2.16. The largest absolute Gasteiger partial charge is 0.444 e. The van der Waals surface area contributed by atoms with Crippen molar-refractivity contribution in [2.24, 2.45) is 5.73 Å². The number of carbonyl (C=O) groups excluding carboxylic acids is 1. The number of nitrogens with zero attached hydrogens (tertiary/aromatic N) is 1. The van der Waals surface area contributed by atoms with E-state index in [1.807, 2.05) is 45.0 Å². The summed E-state index contributed by atoms with van der Waals surface area (Å²) in [5, 5.41) is 2.73. The second kappa shape index (κ2) is 6.79. The molecule has 0 aliphatic carbocycles. The van der Waals surface area contributed by atoms with Crippen molar-refractivity contribution < 1.29 is 9.53 Å². The first-order valence-electron chi connectivity index (χ1n) is 7.52. The standard InChI is InChI=1S/C16H24N4O2/c1-16(2,3)22-15(21)18-10-6-7-11(17)14-19-12-8-4-5-9-13(12)20-14/h4-5,8-9,11H,6-7,10,17H2,1-3H3,(H,18,21)(H,19,20)/t11-/m0/s1. The Hall–Kier alpha value is -2.08. The maximum absolute atomic E-state index is 11.5. The van der Waals surface area contributed by atoms with Gasteiger partial charge in [0.2, 0.25) is 0 Å².